The first-order chi connectivity index (χ1) is 7.74. The van der Waals surface area contributed by atoms with Gasteiger partial charge in [-0.15, -0.1) is 5.10 Å². The van der Waals surface area contributed by atoms with E-state index in [1.807, 2.05) is 0 Å². The van der Waals surface area contributed by atoms with Crippen LogP contribution in [0.2, 0.25) is 0 Å². The molecule has 0 aliphatic heterocycles. The first-order valence-corrected chi connectivity index (χ1v) is 7.06. The zero-order chi connectivity index (χ0) is 11.5. The summed E-state index contributed by atoms with van der Waals surface area (Å²) in [7, 11) is 0. The molecular weight excluding hydrogens is 218 g/mol. The molecule has 2 rings (SSSR count). The second kappa shape index (κ2) is 5.23. The Labute approximate surface area is 102 Å². The van der Waals surface area contributed by atoms with Crippen molar-refractivity contribution < 1.29 is 0 Å². The predicted molar refractivity (Wildman–Crippen MR) is 67.8 cm³/mol. The van der Waals surface area contributed by atoms with Gasteiger partial charge in [-0.3, -0.25) is 0 Å². The summed E-state index contributed by atoms with van der Waals surface area (Å²) >= 11 is 1.58. The zero-order valence-corrected chi connectivity index (χ0v) is 11.2. The molecule has 1 atom stereocenters. The minimum atomic E-state index is 0.481. The van der Waals surface area contributed by atoms with Crippen LogP contribution in [0.5, 0.6) is 0 Å². The third kappa shape index (κ3) is 2.28. The van der Waals surface area contributed by atoms with Gasteiger partial charge in [-0.25, -0.2) is 0 Å². The Balaban J connectivity index is 2.19. The standard InChI is InChI=1S/C12H21N3S/c1-4-13-11(9-6-5-7-9)12-10(8(2)3)14-15-16-12/h8-9,11,13H,4-7H2,1-3H3. The normalized spacial score (nSPS) is 18.8. The highest BCUT2D eigenvalue weighted by Gasteiger charge is 2.31. The minimum Gasteiger partial charge on any atom is -0.309 e. The van der Waals surface area contributed by atoms with Crippen LogP contribution in [0.25, 0.3) is 0 Å². The molecule has 0 spiro atoms. The topological polar surface area (TPSA) is 37.8 Å². The maximum atomic E-state index is 4.29. The fourth-order valence-electron chi connectivity index (χ4n) is 2.29. The van der Waals surface area contributed by atoms with Crippen molar-refractivity contribution in [2.45, 2.75) is 52.0 Å². The van der Waals surface area contributed by atoms with Crippen LogP contribution in [0.4, 0.5) is 0 Å². The Hall–Kier alpha value is -0.480. The van der Waals surface area contributed by atoms with Crippen LogP contribution in [-0.2, 0) is 0 Å². The van der Waals surface area contributed by atoms with Gasteiger partial charge in [0.05, 0.1) is 10.6 Å². The molecule has 1 aliphatic carbocycles. The molecule has 4 heteroatoms. The van der Waals surface area contributed by atoms with Gasteiger partial charge in [0.25, 0.3) is 0 Å². The predicted octanol–water partition coefficient (Wildman–Crippen LogP) is 3.11. The number of rotatable bonds is 5. The van der Waals surface area contributed by atoms with Crippen LogP contribution < -0.4 is 5.32 Å². The van der Waals surface area contributed by atoms with E-state index in [1.54, 1.807) is 11.5 Å². The van der Waals surface area contributed by atoms with Crippen LogP contribution in [0, 0.1) is 5.92 Å². The molecule has 0 radical (unpaired) electrons. The zero-order valence-electron chi connectivity index (χ0n) is 10.4. The molecule has 1 aliphatic rings. The quantitative estimate of drug-likeness (QED) is 0.858. The SMILES string of the molecule is CCNC(c1snnc1C(C)C)C1CCC1. The molecule has 1 fully saturated rings. The summed E-state index contributed by atoms with van der Waals surface area (Å²) < 4.78 is 4.14. The highest BCUT2D eigenvalue weighted by Crippen LogP contribution is 2.40. The fourth-order valence-corrected chi connectivity index (χ4v) is 3.26. The van der Waals surface area contributed by atoms with Gasteiger partial charge in [0.1, 0.15) is 0 Å². The van der Waals surface area contributed by atoms with Gasteiger partial charge in [-0.2, -0.15) is 0 Å². The van der Waals surface area contributed by atoms with Crippen molar-refractivity contribution in [3.8, 4) is 0 Å². The average Bonchev–Trinajstić information content (AvgIpc) is 2.62. The molecule has 1 N–H and O–H groups in total. The maximum Gasteiger partial charge on any atom is 0.0829 e. The van der Waals surface area contributed by atoms with Crippen LogP contribution in [0.15, 0.2) is 0 Å². The maximum absolute atomic E-state index is 4.29. The van der Waals surface area contributed by atoms with E-state index in [1.165, 1.54) is 29.8 Å². The number of nitrogens with one attached hydrogen (secondary N) is 1. The fraction of sp³-hybridized carbons (Fsp3) is 0.833. The van der Waals surface area contributed by atoms with Gasteiger partial charge in [0.2, 0.25) is 0 Å². The summed E-state index contributed by atoms with van der Waals surface area (Å²) in [6, 6.07) is 0.496. The Bertz CT molecular complexity index is 331. The third-order valence-corrected chi connectivity index (χ3v) is 4.24. The molecule has 0 amide bonds. The van der Waals surface area contributed by atoms with Gasteiger partial charge >= 0.3 is 0 Å². The highest BCUT2D eigenvalue weighted by molar-refractivity contribution is 7.05. The van der Waals surface area contributed by atoms with E-state index in [0.29, 0.717) is 12.0 Å². The van der Waals surface area contributed by atoms with E-state index < -0.39 is 0 Å². The van der Waals surface area contributed by atoms with Crippen molar-refractivity contribution in [1.82, 2.24) is 14.9 Å². The van der Waals surface area contributed by atoms with Gasteiger partial charge in [0.15, 0.2) is 0 Å². The van der Waals surface area contributed by atoms with Crippen LogP contribution in [-0.4, -0.2) is 16.1 Å². The van der Waals surface area contributed by atoms with Crippen molar-refractivity contribution in [1.29, 1.82) is 0 Å². The summed E-state index contributed by atoms with van der Waals surface area (Å²) in [6.45, 7) is 7.60. The lowest BCUT2D eigenvalue weighted by molar-refractivity contribution is 0.234. The second-order valence-electron chi connectivity index (χ2n) is 4.90. The number of nitrogens with zero attached hydrogens (tertiary/aromatic N) is 2. The molecule has 1 unspecified atom stereocenters. The number of hydrogen-bond acceptors (Lipinski definition) is 4. The largest absolute Gasteiger partial charge is 0.309 e. The second-order valence-corrected chi connectivity index (χ2v) is 5.69. The van der Waals surface area contributed by atoms with E-state index in [9.17, 15) is 0 Å². The molecule has 3 nitrogen and oxygen atoms in total. The molecule has 0 bridgehead atoms. The van der Waals surface area contributed by atoms with Crippen LogP contribution in [0.1, 0.15) is 62.6 Å². The summed E-state index contributed by atoms with van der Waals surface area (Å²) in [6.07, 6.45) is 4.09. The molecule has 90 valence electrons. The first-order valence-electron chi connectivity index (χ1n) is 6.29. The Kier molecular flexibility index (Phi) is 3.92. The molecule has 1 aromatic heterocycles. The lowest BCUT2D eigenvalue weighted by Crippen LogP contribution is -2.32. The molecule has 1 aromatic rings. The molecule has 16 heavy (non-hydrogen) atoms. The van der Waals surface area contributed by atoms with Crippen molar-refractivity contribution in [3.05, 3.63) is 10.6 Å². The Morgan fingerprint density at radius 1 is 1.44 bits per heavy atom. The van der Waals surface area contributed by atoms with Crippen LogP contribution >= 0.6 is 11.5 Å². The molecule has 1 saturated carbocycles. The van der Waals surface area contributed by atoms with E-state index in [-0.39, 0.29) is 0 Å². The summed E-state index contributed by atoms with van der Waals surface area (Å²) in [5, 5.41) is 7.90. The Morgan fingerprint density at radius 2 is 2.19 bits per heavy atom. The van der Waals surface area contributed by atoms with Crippen molar-refractivity contribution in [2.24, 2.45) is 5.92 Å². The minimum absolute atomic E-state index is 0.481. The van der Waals surface area contributed by atoms with E-state index in [4.69, 9.17) is 0 Å². The van der Waals surface area contributed by atoms with Gasteiger partial charge in [-0.05, 0) is 42.8 Å². The number of hydrogen-bond donors (Lipinski definition) is 1. The molecular formula is C12H21N3S. The lowest BCUT2D eigenvalue weighted by atomic mass is 9.78. The lowest BCUT2D eigenvalue weighted by Gasteiger charge is -2.34. The van der Waals surface area contributed by atoms with E-state index >= 15 is 0 Å². The smallest absolute Gasteiger partial charge is 0.0829 e. The van der Waals surface area contributed by atoms with Crippen molar-refractivity contribution >= 4 is 11.5 Å². The van der Waals surface area contributed by atoms with Gasteiger partial charge in [0, 0.05) is 6.04 Å². The van der Waals surface area contributed by atoms with Gasteiger partial charge < -0.3 is 5.32 Å². The van der Waals surface area contributed by atoms with Gasteiger partial charge in [-0.1, -0.05) is 31.7 Å². The third-order valence-electron chi connectivity index (χ3n) is 3.41. The van der Waals surface area contributed by atoms with Crippen LogP contribution in [0.3, 0.4) is 0 Å². The molecule has 1 heterocycles. The monoisotopic (exact) mass is 239 g/mol. The summed E-state index contributed by atoms with van der Waals surface area (Å²) in [5.41, 5.74) is 1.20. The average molecular weight is 239 g/mol. The Morgan fingerprint density at radius 3 is 2.69 bits per heavy atom. The summed E-state index contributed by atoms with van der Waals surface area (Å²) in [4.78, 5) is 1.38. The molecule has 0 aromatic carbocycles. The van der Waals surface area contributed by atoms with E-state index in [2.05, 4.69) is 35.7 Å². The number of aromatic nitrogens is 2. The van der Waals surface area contributed by atoms with Crippen molar-refractivity contribution in [3.63, 3.8) is 0 Å². The highest BCUT2D eigenvalue weighted by atomic mass is 32.1. The van der Waals surface area contributed by atoms with E-state index in [0.717, 1.165) is 12.5 Å². The summed E-state index contributed by atoms with van der Waals surface area (Å²) in [5.74, 6) is 1.29. The first kappa shape index (κ1) is 12.0. The van der Waals surface area contributed by atoms with Crippen molar-refractivity contribution in [2.75, 3.05) is 6.54 Å². The molecule has 0 saturated heterocycles.